The lowest BCUT2D eigenvalue weighted by Gasteiger charge is -2.07. The van der Waals surface area contributed by atoms with Gasteiger partial charge in [0.1, 0.15) is 5.82 Å². The number of hydrogen-bond acceptors (Lipinski definition) is 3. The predicted molar refractivity (Wildman–Crippen MR) is 103 cm³/mol. The van der Waals surface area contributed by atoms with Crippen LogP contribution in [0.3, 0.4) is 0 Å². The fraction of sp³-hybridized carbons (Fsp3) is 0.167. The molecule has 3 aromatic rings. The molecule has 0 aliphatic heterocycles. The van der Waals surface area contributed by atoms with Crippen molar-refractivity contribution in [3.63, 3.8) is 0 Å². The highest BCUT2D eigenvalue weighted by Crippen LogP contribution is 2.25. The highest BCUT2D eigenvalue weighted by atomic mass is 79.9. The Bertz CT molecular complexity index is 987. The summed E-state index contributed by atoms with van der Waals surface area (Å²) in [5.41, 5.74) is 1.08. The molecule has 0 fully saturated rings. The molecule has 0 radical (unpaired) electrons. The smallest absolute Gasteiger partial charge is 0.258 e. The van der Waals surface area contributed by atoms with Gasteiger partial charge in [-0.2, -0.15) is 0 Å². The zero-order valence-corrected chi connectivity index (χ0v) is 15.5. The summed E-state index contributed by atoms with van der Waals surface area (Å²) < 4.78 is 0.849. The maximum absolute atomic E-state index is 12.0. The number of anilines is 1. The van der Waals surface area contributed by atoms with Gasteiger partial charge in [0.2, 0.25) is 5.91 Å². The lowest BCUT2D eigenvalue weighted by molar-refractivity contribution is -0.116. The summed E-state index contributed by atoms with van der Waals surface area (Å²) in [4.78, 5) is 31.2. The summed E-state index contributed by atoms with van der Waals surface area (Å²) in [5, 5.41) is 3.82. The van der Waals surface area contributed by atoms with E-state index in [0.29, 0.717) is 46.7 Å². The molecule has 5 nitrogen and oxygen atoms in total. The number of para-hydroxylation sites is 1. The van der Waals surface area contributed by atoms with Crippen LogP contribution in [0.15, 0.2) is 51.7 Å². The van der Waals surface area contributed by atoms with Crippen LogP contribution in [-0.2, 0) is 11.2 Å². The molecule has 3 rings (SSSR count). The third-order valence-electron chi connectivity index (χ3n) is 3.68. The second kappa shape index (κ2) is 7.80. The number of H-pyrrole nitrogens is 1. The van der Waals surface area contributed by atoms with E-state index in [2.05, 4.69) is 31.2 Å². The number of nitrogens with zero attached hydrogens (tertiary/aromatic N) is 1. The van der Waals surface area contributed by atoms with Gasteiger partial charge in [-0.25, -0.2) is 4.98 Å². The zero-order chi connectivity index (χ0) is 17.8. The summed E-state index contributed by atoms with van der Waals surface area (Å²) >= 11 is 9.40. The maximum Gasteiger partial charge on any atom is 0.258 e. The van der Waals surface area contributed by atoms with Gasteiger partial charge < -0.3 is 10.3 Å². The normalized spacial score (nSPS) is 10.8. The Hall–Kier alpha value is -2.18. The molecular weight excluding hydrogens is 406 g/mol. The van der Waals surface area contributed by atoms with Gasteiger partial charge in [-0.15, -0.1) is 0 Å². The SMILES string of the molecule is O=C(CCCc1nc2ccccc2c(=O)[nH]1)Nc1ccc(Br)cc1Cl. The average molecular weight is 421 g/mol. The molecule has 1 amide bonds. The molecule has 0 aliphatic carbocycles. The van der Waals surface area contributed by atoms with Gasteiger partial charge >= 0.3 is 0 Å². The number of nitrogens with one attached hydrogen (secondary N) is 2. The van der Waals surface area contributed by atoms with E-state index in [1.54, 1.807) is 30.3 Å². The highest BCUT2D eigenvalue weighted by Gasteiger charge is 2.08. The molecule has 0 bridgehead atoms. The van der Waals surface area contributed by atoms with Gasteiger partial charge in [-0.1, -0.05) is 39.7 Å². The first-order valence-electron chi connectivity index (χ1n) is 7.76. The Morgan fingerprint density at radius 3 is 2.84 bits per heavy atom. The van der Waals surface area contributed by atoms with Gasteiger partial charge in [0.05, 0.1) is 21.6 Å². The molecule has 0 atom stereocenters. The predicted octanol–water partition coefficient (Wildman–Crippen LogP) is 4.30. The van der Waals surface area contributed by atoms with Crippen molar-refractivity contribution in [3.05, 3.63) is 68.1 Å². The van der Waals surface area contributed by atoms with Crippen LogP contribution in [0.25, 0.3) is 10.9 Å². The van der Waals surface area contributed by atoms with Crippen LogP contribution in [-0.4, -0.2) is 15.9 Å². The monoisotopic (exact) mass is 419 g/mol. The number of carbonyl (C=O) groups is 1. The summed E-state index contributed by atoms with van der Waals surface area (Å²) in [6.45, 7) is 0. The summed E-state index contributed by atoms with van der Waals surface area (Å²) in [6, 6.07) is 12.5. The molecule has 2 aromatic carbocycles. The highest BCUT2D eigenvalue weighted by molar-refractivity contribution is 9.10. The largest absolute Gasteiger partial charge is 0.325 e. The van der Waals surface area contributed by atoms with Crippen molar-refractivity contribution in [1.29, 1.82) is 0 Å². The minimum absolute atomic E-state index is 0.132. The standard InChI is InChI=1S/C18H15BrClN3O2/c19-11-8-9-15(13(20)10-11)22-17(24)7-3-6-16-21-14-5-2-1-4-12(14)18(25)23-16/h1-2,4-5,8-10H,3,6-7H2,(H,22,24)(H,21,23,25). The Balaban J connectivity index is 1.59. The van der Waals surface area contributed by atoms with Crippen molar-refractivity contribution in [3.8, 4) is 0 Å². The number of hydrogen-bond donors (Lipinski definition) is 2. The van der Waals surface area contributed by atoms with Gasteiger partial charge in [0.25, 0.3) is 5.56 Å². The van der Waals surface area contributed by atoms with E-state index in [1.165, 1.54) is 0 Å². The number of halogens is 2. The van der Waals surface area contributed by atoms with E-state index in [-0.39, 0.29) is 11.5 Å². The molecule has 128 valence electrons. The molecule has 0 spiro atoms. The van der Waals surface area contributed by atoms with Gasteiger partial charge in [0.15, 0.2) is 0 Å². The molecule has 0 unspecified atom stereocenters. The van der Waals surface area contributed by atoms with Crippen molar-refractivity contribution >= 4 is 50.0 Å². The first kappa shape index (κ1) is 17.6. The van der Waals surface area contributed by atoms with Crippen molar-refractivity contribution in [2.45, 2.75) is 19.3 Å². The van der Waals surface area contributed by atoms with Crippen LogP contribution in [0.4, 0.5) is 5.69 Å². The minimum atomic E-state index is -0.160. The Kier molecular flexibility index (Phi) is 5.50. The van der Waals surface area contributed by atoms with Crippen molar-refractivity contribution in [2.75, 3.05) is 5.32 Å². The van der Waals surface area contributed by atoms with Gasteiger partial charge in [-0.3, -0.25) is 9.59 Å². The molecule has 7 heteroatoms. The molecular formula is C18H15BrClN3O2. The van der Waals surface area contributed by atoms with Crippen LogP contribution < -0.4 is 10.9 Å². The van der Waals surface area contributed by atoms with E-state index < -0.39 is 0 Å². The lowest BCUT2D eigenvalue weighted by Crippen LogP contribution is -2.14. The van der Waals surface area contributed by atoms with E-state index >= 15 is 0 Å². The number of aromatic amines is 1. The van der Waals surface area contributed by atoms with Crippen molar-refractivity contribution in [2.24, 2.45) is 0 Å². The maximum atomic E-state index is 12.0. The van der Waals surface area contributed by atoms with Crippen molar-refractivity contribution < 1.29 is 4.79 Å². The molecule has 0 saturated heterocycles. The van der Waals surface area contributed by atoms with Gasteiger partial charge in [0, 0.05) is 17.3 Å². The Morgan fingerprint density at radius 2 is 2.04 bits per heavy atom. The molecule has 1 aromatic heterocycles. The Morgan fingerprint density at radius 1 is 1.24 bits per heavy atom. The molecule has 25 heavy (non-hydrogen) atoms. The summed E-state index contributed by atoms with van der Waals surface area (Å²) in [7, 11) is 0. The topological polar surface area (TPSA) is 74.8 Å². The fourth-order valence-corrected chi connectivity index (χ4v) is 3.19. The minimum Gasteiger partial charge on any atom is -0.325 e. The third-order valence-corrected chi connectivity index (χ3v) is 4.49. The number of aromatic nitrogens is 2. The number of rotatable bonds is 5. The van der Waals surface area contributed by atoms with E-state index in [9.17, 15) is 9.59 Å². The Labute approximate surface area is 157 Å². The van der Waals surface area contributed by atoms with Crippen LogP contribution in [0.2, 0.25) is 5.02 Å². The first-order chi connectivity index (χ1) is 12.0. The van der Waals surface area contributed by atoms with Crippen LogP contribution >= 0.6 is 27.5 Å². The average Bonchev–Trinajstić information content (AvgIpc) is 2.57. The van der Waals surface area contributed by atoms with E-state index in [0.717, 1.165) is 4.47 Å². The first-order valence-corrected chi connectivity index (χ1v) is 8.93. The summed E-state index contributed by atoms with van der Waals surface area (Å²) in [6.07, 6.45) is 1.39. The van der Waals surface area contributed by atoms with Crippen molar-refractivity contribution in [1.82, 2.24) is 9.97 Å². The third kappa shape index (κ3) is 4.46. The number of fused-ring (bicyclic) bond motifs is 1. The fourth-order valence-electron chi connectivity index (χ4n) is 2.47. The quantitative estimate of drug-likeness (QED) is 0.646. The molecule has 0 saturated carbocycles. The lowest BCUT2D eigenvalue weighted by atomic mass is 10.2. The number of benzene rings is 2. The molecule has 1 heterocycles. The zero-order valence-electron chi connectivity index (χ0n) is 13.2. The number of aryl methyl sites for hydroxylation is 1. The van der Waals surface area contributed by atoms with Gasteiger partial charge in [-0.05, 0) is 36.8 Å². The second-order valence-electron chi connectivity index (χ2n) is 5.56. The van der Waals surface area contributed by atoms with E-state index in [4.69, 9.17) is 11.6 Å². The number of carbonyl (C=O) groups excluding carboxylic acids is 1. The number of amides is 1. The summed E-state index contributed by atoms with van der Waals surface area (Å²) in [5.74, 6) is 0.450. The second-order valence-corrected chi connectivity index (χ2v) is 6.88. The molecule has 2 N–H and O–H groups in total. The van der Waals surface area contributed by atoms with Crippen LogP contribution in [0, 0.1) is 0 Å². The van der Waals surface area contributed by atoms with Crippen LogP contribution in [0.1, 0.15) is 18.7 Å². The molecule has 0 aliphatic rings. The van der Waals surface area contributed by atoms with Crippen LogP contribution in [0.5, 0.6) is 0 Å². The van der Waals surface area contributed by atoms with E-state index in [1.807, 2.05) is 12.1 Å².